The van der Waals surface area contributed by atoms with Gasteiger partial charge in [0.25, 0.3) is 0 Å². The minimum Gasteiger partial charge on any atom is -0.489 e. The molecule has 200 valence electrons. The molecule has 8 nitrogen and oxygen atoms in total. The van der Waals surface area contributed by atoms with Crippen molar-refractivity contribution in [2.24, 2.45) is 21.7 Å². The van der Waals surface area contributed by atoms with E-state index in [1.54, 1.807) is 11.2 Å². The number of rotatable bonds is 8. The van der Waals surface area contributed by atoms with Gasteiger partial charge in [-0.3, -0.25) is 0 Å². The van der Waals surface area contributed by atoms with Gasteiger partial charge in [-0.1, -0.05) is 26.8 Å². The second-order valence-corrected chi connectivity index (χ2v) is 9.81. The van der Waals surface area contributed by atoms with Crippen LogP contribution in [0.2, 0.25) is 0 Å². The zero-order valence-corrected chi connectivity index (χ0v) is 23.1. The maximum Gasteiger partial charge on any atom is 0.172 e. The van der Waals surface area contributed by atoms with Crippen molar-refractivity contribution in [3.8, 4) is 11.5 Å². The quantitative estimate of drug-likeness (QED) is 0.344. The van der Waals surface area contributed by atoms with Gasteiger partial charge in [0.05, 0.1) is 18.0 Å². The predicted octanol–water partition coefficient (Wildman–Crippen LogP) is 5.98. The van der Waals surface area contributed by atoms with Crippen LogP contribution < -0.4 is 20.1 Å². The Bertz CT molecular complexity index is 1310. The van der Waals surface area contributed by atoms with Crippen LogP contribution in [-0.4, -0.2) is 41.7 Å². The lowest BCUT2D eigenvalue weighted by Crippen LogP contribution is -2.30. The van der Waals surface area contributed by atoms with E-state index in [2.05, 4.69) is 30.4 Å². The van der Waals surface area contributed by atoms with Gasteiger partial charge in [0.15, 0.2) is 11.6 Å². The third kappa shape index (κ3) is 6.25. The van der Waals surface area contributed by atoms with Crippen LogP contribution in [0.5, 0.6) is 11.5 Å². The highest BCUT2D eigenvalue weighted by molar-refractivity contribution is 5.99. The molecule has 2 aromatic rings. The number of aliphatic imine (C=N–C) groups is 1. The van der Waals surface area contributed by atoms with Gasteiger partial charge in [0.2, 0.25) is 0 Å². The molecule has 0 saturated carbocycles. The van der Waals surface area contributed by atoms with Gasteiger partial charge in [-0.05, 0) is 68.7 Å². The first-order chi connectivity index (χ1) is 18.3. The van der Waals surface area contributed by atoms with Crippen molar-refractivity contribution in [2.75, 3.05) is 24.6 Å². The topological polar surface area (TPSA) is 88.6 Å². The first-order valence-electron chi connectivity index (χ1n) is 13.2. The Morgan fingerprint density at radius 1 is 1.29 bits per heavy atom. The van der Waals surface area contributed by atoms with Crippen molar-refractivity contribution in [1.82, 2.24) is 9.99 Å². The van der Waals surface area contributed by atoms with E-state index in [1.165, 1.54) is 0 Å². The number of aromatic nitrogens is 1. The molecule has 0 spiro atoms. The molecule has 0 aliphatic carbocycles. The molecule has 2 aliphatic rings. The molecule has 0 saturated heterocycles. The minimum atomic E-state index is 0.372. The van der Waals surface area contributed by atoms with Crippen LogP contribution in [0, 0.1) is 19.8 Å². The highest BCUT2D eigenvalue weighted by Crippen LogP contribution is 2.33. The van der Waals surface area contributed by atoms with Crippen molar-refractivity contribution in [2.45, 2.75) is 47.5 Å². The van der Waals surface area contributed by atoms with Crippen LogP contribution in [-0.2, 0) is 0 Å². The summed E-state index contributed by atoms with van der Waals surface area (Å²) >= 11 is 0. The molecular formula is C30H38N6O2. The van der Waals surface area contributed by atoms with E-state index in [0.29, 0.717) is 29.8 Å². The monoisotopic (exact) mass is 514 g/mol. The molecule has 1 aromatic carbocycles. The summed E-state index contributed by atoms with van der Waals surface area (Å²) in [6, 6.07) is 7.77. The van der Waals surface area contributed by atoms with Crippen LogP contribution in [0.4, 0.5) is 11.5 Å². The molecule has 38 heavy (non-hydrogen) atoms. The van der Waals surface area contributed by atoms with Gasteiger partial charge < -0.3 is 20.1 Å². The second kappa shape index (κ2) is 12.0. The first kappa shape index (κ1) is 27.0. The normalized spacial score (nSPS) is 17.8. The number of fused-ring (bicyclic) bond motifs is 1. The fraction of sp³-hybridized carbons (Fsp3) is 0.367. The summed E-state index contributed by atoms with van der Waals surface area (Å²) in [5.74, 6) is 3.87. The molecule has 0 bridgehead atoms. The van der Waals surface area contributed by atoms with Gasteiger partial charge >= 0.3 is 0 Å². The number of nitrogens with two attached hydrogens (primary N) is 1. The summed E-state index contributed by atoms with van der Waals surface area (Å²) in [6.45, 7) is 16.8. The average molecular weight is 515 g/mol. The highest BCUT2D eigenvalue weighted by Gasteiger charge is 2.24. The van der Waals surface area contributed by atoms with E-state index in [-0.39, 0.29) is 0 Å². The molecular weight excluding hydrogens is 476 g/mol. The Balaban J connectivity index is 1.56. The fourth-order valence-electron chi connectivity index (χ4n) is 4.42. The minimum absolute atomic E-state index is 0.372. The number of benzene rings is 1. The highest BCUT2D eigenvalue weighted by atomic mass is 16.5. The lowest BCUT2D eigenvalue weighted by Gasteiger charge is -2.25. The van der Waals surface area contributed by atoms with E-state index in [1.807, 2.05) is 63.4 Å². The zero-order valence-electron chi connectivity index (χ0n) is 23.1. The molecule has 0 amide bonds. The molecule has 2 aliphatic heterocycles. The molecule has 0 radical (unpaired) electrons. The van der Waals surface area contributed by atoms with Crippen molar-refractivity contribution in [3.63, 3.8) is 0 Å². The van der Waals surface area contributed by atoms with Crippen LogP contribution in [0.25, 0.3) is 0 Å². The van der Waals surface area contributed by atoms with Crippen LogP contribution in [0.15, 0.2) is 70.7 Å². The van der Waals surface area contributed by atoms with Gasteiger partial charge in [0.1, 0.15) is 23.0 Å². The Kier molecular flexibility index (Phi) is 8.51. The molecule has 1 aromatic heterocycles. The summed E-state index contributed by atoms with van der Waals surface area (Å²) in [5, 5.41) is 5.91. The lowest BCUT2D eigenvalue weighted by atomic mass is 10.1. The van der Waals surface area contributed by atoms with Crippen LogP contribution >= 0.6 is 0 Å². The van der Waals surface area contributed by atoms with E-state index >= 15 is 0 Å². The Hall–Kier alpha value is -4.07. The SMILES string of the molecule is C=C1C=C(Oc2ccc(N=C(N)c3nc4c(cc3C)OCC(C)CN4CCCC)cc2C)C=CN1/N=C\C. The number of amidine groups is 1. The van der Waals surface area contributed by atoms with Crippen molar-refractivity contribution in [3.05, 3.63) is 77.5 Å². The molecule has 8 heteroatoms. The third-order valence-electron chi connectivity index (χ3n) is 6.40. The molecule has 1 atom stereocenters. The van der Waals surface area contributed by atoms with Gasteiger partial charge in [-0.25, -0.2) is 15.0 Å². The van der Waals surface area contributed by atoms with Crippen LogP contribution in [0.3, 0.4) is 0 Å². The number of ether oxygens (including phenoxy) is 2. The largest absolute Gasteiger partial charge is 0.489 e. The standard InChI is InChI=1S/C30H38N6O2/c1-7-9-13-35-18-20(3)19-37-27-16-22(5)28(34-30(27)35)29(31)33-24-10-11-26(21(4)15-24)38-25-12-14-36(32-8-2)23(6)17-25/h8,10-12,14-17,20H,6-7,9,13,18-19H2,1-5H3,(H2,31,33)/b32-8-. The number of hydrazone groups is 1. The molecule has 3 heterocycles. The van der Waals surface area contributed by atoms with Crippen molar-refractivity contribution < 1.29 is 9.47 Å². The molecule has 1 unspecified atom stereocenters. The maximum absolute atomic E-state index is 6.52. The second-order valence-electron chi connectivity index (χ2n) is 9.81. The molecule has 2 N–H and O–H groups in total. The number of hydrogen-bond donors (Lipinski definition) is 1. The summed E-state index contributed by atoms with van der Waals surface area (Å²) in [7, 11) is 0. The Labute approximate surface area is 225 Å². The van der Waals surface area contributed by atoms with Gasteiger partial charge in [0, 0.05) is 37.5 Å². The van der Waals surface area contributed by atoms with Gasteiger partial charge in [-0.15, -0.1) is 0 Å². The third-order valence-corrected chi connectivity index (χ3v) is 6.40. The maximum atomic E-state index is 6.52. The Morgan fingerprint density at radius 2 is 2.11 bits per heavy atom. The smallest absolute Gasteiger partial charge is 0.172 e. The van der Waals surface area contributed by atoms with E-state index in [4.69, 9.17) is 25.2 Å². The van der Waals surface area contributed by atoms with Crippen molar-refractivity contribution >= 4 is 23.6 Å². The zero-order chi connectivity index (χ0) is 27.2. The number of hydrogen-bond acceptors (Lipinski definition) is 7. The number of nitrogens with zero attached hydrogens (tertiary/aromatic N) is 5. The van der Waals surface area contributed by atoms with Crippen LogP contribution in [0.1, 0.15) is 50.4 Å². The molecule has 4 rings (SSSR count). The van der Waals surface area contributed by atoms with Gasteiger partial charge in [-0.2, -0.15) is 5.10 Å². The van der Waals surface area contributed by atoms with Crippen molar-refractivity contribution in [1.29, 1.82) is 0 Å². The molecule has 0 fully saturated rings. The number of aryl methyl sites for hydroxylation is 2. The summed E-state index contributed by atoms with van der Waals surface area (Å²) < 4.78 is 12.2. The number of allylic oxidation sites excluding steroid dienone is 2. The number of unbranched alkanes of at least 4 members (excludes halogenated alkanes) is 1. The number of pyridine rings is 1. The number of anilines is 1. The fourth-order valence-corrected chi connectivity index (χ4v) is 4.42. The summed E-state index contributed by atoms with van der Waals surface area (Å²) in [4.78, 5) is 12.0. The van der Waals surface area contributed by atoms with E-state index < -0.39 is 0 Å². The van der Waals surface area contributed by atoms with E-state index in [0.717, 1.165) is 65.8 Å². The van der Waals surface area contributed by atoms with E-state index in [9.17, 15) is 0 Å². The summed E-state index contributed by atoms with van der Waals surface area (Å²) in [6.07, 6.45) is 9.45. The first-order valence-corrected chi connectivity index (χ1v) is 13.2. The average Bonchev–Trinajstić information content (AvgIpc) is 3.03. The summed E-state index contributed by atoms with van der Waals surface area (Å²) in [5.41, 5.74) is 10.5. The predicted molar refractivity (Wildman–Crippen MR) is 155 cm³/mol. The lowest BCUT2D eigenvalue weighted by molar-refractivity contribution is 0.273. The Morgan fingerprint density at radius 3 is 2.82 bits per heavy atom.